The number of benzene rings is 1. The highest BCUT2D eigenvalue weighted by Gasteiger charge is 2.26. The number of nitrogens with two attached hydrogens (primary N) is 1. The van der Waals surface area contributed by atoms with Crippen LogP contribution in [-0.4, -0.2) is 28.9 Å². The van der Waals surface area contributed by atoms with Crippen molar-refractivity contribution < 1.29 is 4.79 Å². The van der Waals surface area contributed by atoms with E-state index in [0.717, 1.165) is 23.0 Å². The molecule has 2 N–H and O–H groups in total. The lowest BCUT2D eigenvalue weighted by atomic mass is 9.97. The summed E-state index contributed by atoms with van der Waals surface area (Å²) in [7, 11) is 0. The highest BCUT2D eigenvalue weighted by atomic mass is 127. The maximum Gasteiger partial charge on any atom is 0.253 e. The van der Waals surface area contributed by atoms with E-state index in [4.69, 9.17) is 29.6 Å². The number of hydrogen-bond donors (Lipinski definition) is 1. The minimum atomic E-state index is -0.000694. The maximum atomic E-state index is 12.4. The number of hydrogen-bond acceptors (Lipinski definition) is 2. The molecule has 1 aliphatic heterocycles. The Bertz CT molecular complexity index is 523. The SMILES string of the molecule is NC(=S)C1CCCN(C(=O)c2ccc(I)c(Cl)c2)C1. The highest BCUT2D eigenvalue weighted by molar-refractivity contribution is 14.1. The van der Waals surface area contributed by atoms with Gasteiger partial charge in [-0.1, -0.05) is 23.8 Å². The lowest BCUT2D eigenvalue weighted by Crippen LogP contribution is -2.43. The Labute approximate surface area is 136 Å². The second kappa shape index (κ2) is 6.37. The maximum absolute atomic E-state index is 12.4. The third kappa shape index (κ3) is 3.58. The van der Waals surface area contributed by atoms with Gasteiger partial charge in [-0.15, -0.1) is 0 Å². The molecule has 0 bridgehead atoms. The molecule has 1 unspecified atom stereocenters. The largest absolute Gasteiger partial charge is 0.393 e. The van der Waals surface area contributed by atoms with Crippen LogP contribution in [0.5, 0.6) is 0 Å². The molecule has 1 fully saturated rings. The van der Waals surface area contributed by atoms with Crippen LogP contribution < -0.4 is 5.73 Å². The van der Waals surface area contributed by atoms with Crippen LogP contribution >= 0.6 is 46.4 Å². The molecule has 1 aromatic carbocycles. The van der Waals surface area contributed by atoms with Gasteiger partial charge in [0.05, 0.1) is 10.0 Å². The van der Waals surface area contributed by atoms with Gasteiger partial charge >= 0.3 is 0 Å². The number of halogens is 2. The molecule has 1 aliphatic rings. The molecule has 0 radical (unpaired) electrons. The first-order chi connectivity index (χ1) is 8.99. The van der Waals surface area contributed by atoms with Crippen molar-refractivity contribution in [3.63, 3.8) is 0 Å². The fourth-order valence-electron chi connectivity index (χ4n) is 2.21. The van der Waals surface area contributed by atoms with Crippen molar-refractivity contribution in [3.05, 3.63) is 32.4 Å². The average molecular weight is 409 g/mol. The molecule has 2 rings (SSSR count). The zero-order valence-electron chi connectivity index (χ0n) is 10.2. The van der Waals surface area contributed by atoms with Crippen LogP contribution in [0.1, 0.15) is 23.2 Å². The quantitative estimate of drug-likeness (QED) is 0.604. The number of amides is 1. The predicted molar refractivity (Wildman–Crippen MR) is 89.6 cm³/mol. The van der Waals surface area contributed by atoms with Gasteiger partial charge in [-0.3, -0.25) is 4.79 Å². The van der Waals surface area contributed by atoms with Crippen LogP contribution in [0.4, 0.5) is 0 Å². The molecule has 0 aromatic heterocycles. The van der Waals surface area contributed by atoms with E-state index in [2.05, 4.69) is 22.6 Å². The molecule has 3 nitrogen and oxygen atoms in total. The summed E-state index contributed by atoms with van der Waals surface area (Å²) in [6.45, 7) is 1.36. The number of carbonyl (C=O) groups excluding carboxylic acids is 1. The topological polar surface area (TPSA) is 46.3 Å². The highest BCUT2D eigenvalue weighted by Crippen LogP contribution is 2.23. The Morgan fingerprint density at radius 2 is 2.26 bits per heavy atom. The Balaban J connectivity index is 2.14. The molecule has 6 heteroatoms. The van der Waals surface area contributed by atoms with E-state index in [1.54, 1.807) is 12.1 Å². The van der Waals surface area contributed by atoms with E-state index in [1.807, 2.05) is 11.0 Å². The van der Waals surface area contributed by atoms with Crippen molar-refractivity contribution in [3.8, 4) is 0 Å². The second-order valence-corrected chi connectivity index (χ2v) is 6.66. The predicted octanol–water partition coefficient (Wildman–Crippen LogP) is 3.08. The lowest BCUT2D eigenvalue weighted by Gasteiger charge is -2.32. The van der Waals surface area contributed by atoms with Crippen LogP contribution in [0.3, 0.4) is 0 Å². The van der Waals surface area contributed by atoms with Crippen LogP contribution in [0.15, 0.2) is 18.2 Å². The second-order valence-electron chi connectivity index (χ2n) is 4.62. The van der Waals surface area contributed by atoms with Crippen LogP contribution in [0.25, 0.3) is 0 Å². The fraction of sp³-hybridized carbons (Fsp3) is 0.385. The summed E-state index contributed by atoms with van der Waals surface area (Å²) in [5.74, 6) is 0.131. The number of thiocarbonyl (C=S) groups is 1. The van der Waals surface area contributed by atoms with Gasteiger partial charge in [-0.05, 0) is 53.6 Å². The van der Waals surface area contributed by atoms with E-state index < -0.39 is 0 Å². The number of rotatable bonds is 2. The van der Waals surface area contributed by atoms with Gasteiger partial charge in [0.25, 0.3) is 5.91 Å². The number of nitrogens with zero attached hydrogens (tertiary/aromatic N) is 1. The third-order valence-electron chi connectivity index (χ3n) is 3.28. The zero-order valence-corrected chi connectivity index (χ0v) is 14.0. The minimum Gasteiger partial charge on any atom is -0.393 e. The Kier molecular flexibility index (Phi) is 5.03. The van der Waals surface area contributed by atoms with Gasteiger partial charge in [0.15, 0.2) is 0 Å². The summed E-state index contributed by atoms with van der Waals surface area (Å²) in [6, 6.07) is 5.38. The Hall–Kier alpha value is -0.400. The molecule has 1 atom stereocenters. The van der Waals surface area contributed by atoms with Crippen molar-refractivity contribution in [2.75, 3.05) is 13.1 Å². The Morgan fingerprint density at radius 1 is 1.53 bits per heavy atom. The number of piperidine rings is 1. The van der Waals surface area contributed by atoms with Gasteiger partial charge in [0, 0.05) is 28.1 Å². The molecule has 0 saturated carbocycles. The molecule has 1 amide bonds. The molecule has 1 aromatic rings. The van der Waals surface area contributed by atoms with E-state index in [9.17, 15) is 4.79 Å². The van der Waals surface area contributed by atoms with E-state index in [-0.39, 0.29) is 11.8 Å². The molecule has 0 aliphatic carbocycles. The Morgan fingerprint density at radius 3 is 2.89 bits per heavy atom. The summed E-state index contributed by atoms with van der Waals surface area (Å²) in [5, 5.41) is 0.606. The van der Waals surface area contributed by atoms with Crippen molar-refractivity contribution in [2.45, 2.75) is 12.8 Å². The summed E-state index contributed by atoms with van der Waals surface area (Å²) < 4.78 is 0.940. The molecule has 19 heavy (non-hydrogen) atoms. The summed E-state index contributed by atoms with van der Waals surface area (Å²) in [6.07, 6.45) is 1.90. The van der Waals surface area contributed by atoms with Crippen molar-refractivity contribution >= 4 is 57.3 Å². The van der Waals surface area contributed by atoms with E-state index in [0.29, 0.717) is 22.1 Å². The molecular weight excluding hydrogens is 395 g/mol. The summed E-state index contributed by atoms with van der Waals surface area (Å²) in [5.41, 5.74) is 6.30. The summed E-state index contributed by atoms with van der Waals surface area (Å²) in [4.78, 5) is 14.7. The van der Waals surface area contributed by atoms with Gasteiger partial charge in [0.1, 0.15) is 0 Å². The van der Waals surface area contributed by atoms with E-state index >= 15 is 0 Å². The normalized spacial score (nSPS) is 19.3. The molecule has 102 valence electrons. The molecule has 0 spiro atoms. The van der Waals surface area contributed by atoms with Gasteiger partial charge < -0.3 is 10.6 Å². The first-order valence-electron chi connectivity index (χ1n) is 6.02. The first kappa shape index (κ1) is 15.0. The lowest BCUT2D eigenvalue weighted by molar-refractivity contribution is 0.0703. The van der Waals surface area contributed by atoms with Crippen LogP contribution in [-0.2, 0) is 0 Å². The zero-order chi connectivity index (χ0) is 14.0. The summed E-state index contributed by atoms with van der Waals surface area (Å²) >= 11 is 13.2. The van der Waals surface area contributed by atoms with Crippen molar-refractivity contribution in [1.29, 1.82) is 0 Å². The smallest absolute Gasteiger partial charge is 0.253 e. The van der Waals surface area contributed by atoms with Crippen LogP contribution in [0.2, 0.25) is 5.02 Å². The minimum absolute atomic E-state index is 0.000694. The molecular formula is C13H14ClIN2OS. The molecule has 1 saturated heterocycles. The number of carbonyl (C=O) groups is 1. The number of likely N-dealkylation sites (tertiary alicyclic amines) is 1. The average Bonchev–Trinajstić information content (AvgIpc) is 2.41. The molecule has 1 heterocycles. The van der Waals surface area contributed by atoms with E-state index in [1.165, 1.54) is 0 Å². The first-order valence-corrected chi connectivity index (χ1v) is 7.89. The van der Waals surface area contributed by atoms with Gasteiger partial charge in [0.2, 0.25) is 0 Å². The van der Waals surface area contributed by atoms with Crippen molar-refractivity contribution in [2.24, 2.45) is 11.7 Å². The van der Waals surface area contributed by atoms with Crippen LogP contribution in [0, 0.1) is 9.49 Å². The third-order valence-corrected chi connectivity index (χ3v) is 5.18. The van der Waals surface area contributed by atoms with Gasteiger partial charge in [-0.2, -0.15) is 0 Å². The fourth-order valence-corrected chi connectivity index (χ4v) is 2.91. The standard InChI is InChI=1S/C13H14ClIN2OS/c14-10-6-8(3-4-11(10)15)13(18)17-5-1-2-9(7-17)12(16)19/h3-4,6,9H,1-2,5,7H2,(H2,16,19). The monoisotopic (exact) mass is 408 g/mol. The van der Waals surface area contributed by atoms with Gasteiger partial charge in [-0.25, -0.2) is 0 Å². The van der Waals surface area contributed by atoms with Crippen molar-refractivity contribution in [1.82, 2.24) is 4.90 Å².